The largest absolute Gasteiger partial charge is 0.477 e. The Balaban J connectivity index is 0.00000150. The van der Waals surface area contributed by atoms with Gasteiger partial charge in [0.15, 0.2) is 0 Å². The summed E-state index contributed by atoms with van der Waals surface area (Å²) in [6.45, 7) is 0.802. The van der Waals surface area contributed by atoms with Gasteiger partial charge in [-0.05, 0) is 18.2 Å². The topological polar surface area (TPSA) is 22.1 Å². The normalized spacial score (nSPS) is 17.5. The maximum Gasteiger partial charge on any atom is 0.210 e. The maximum absolute atomic E-state index is 6.06. The molecule has 3 aromatic carbocycles. The van der Waals surface area contributed by atoms with Crippen LogP contribution in [0, 0.1) is 6.07 Å². The Morgan fingerprint density at radius 3 is 2.62 bits per heavy atom. The summed E-state index contributed by atoms with van der Waals surface area (Å²) in [4.78, 5) is 4.96. The first-order valence-corrected chi connectivity index (χ1v) is 9.14. The molecule has 1 aliphatic carbocycles. The van der Waals surface area contributed by atoms with Gasteiger partial charge in [0.2, 0.25) is 5.88 Å². The minimum atomic E-state index is 0. The number of pyridine rings is 1. The first kappa shape index (κ1) is 16.2. The number of rotatable bonds is 0. The van der Waals surface area contributed by atoms with E-state index in [2.05, 4.69) is 54.6 Å². The fourth-order valence-electron chi connectivity index (χ4n) is 4.77. The quantitative estimate of drug-likeness (QED) is 0.174. The Kier molecular flexibility index (Phi) is 3.60. The molecule has 4 aromatic rings. The van der Waals surface area contributed by atoms with Gasteiger partial charge in [0.25, 0.3) is 0 Å². The molecule has 1 spiro atoms. The number of aromatic nitrogens is 1. The van der Waals surface area contributed by atoms with Gasteiger partial charge in [0.1, 0.15) is 0 Å². The van der Waals surface area contributed by atoms with Gasteiger partial charge in [-0.25, -0.2) is 0 Å². The van der Waals surface area contributed by atoms with E-state index in [4.69, 9.17) is 9.72 Å². The number of hydrogen-bond acceptors (Lipinski definition) is 2. The fraction of sp³-hybridized carbons (Fsp3) is 0.261. The summed E-state index contributed by atoms with van der Waals surface area (Å²) in [6.07, 6.45) is 5.08. The molecule has 0 unspecified atom stereocenters. The molecule has 2 heterocycles. The molecule has 26 heavy (non-hydrogen) atoms. The van der Waals surface area contributed by atoms with E-state index in [1.165, 1.54) is 47.4 Å². The minimum absolute atomic E-state index is 0. The van der Waals surface area contributed by atoms with E-state index in [0.29, 0.717) is 0 Å². The first-order valence-electron chi connectivity index (χ1n) is 9.14. The van der Waals surface area contributed by atoms with Crippen LogP contribution in [0.2, 0.25) is 0 Å². The van der Waals surface area contributed by atoms with Crippen molar-refractivity contribution in [3.8, 4) is 5.88 Å². The standard InChI is InChI=1S/C23H18NO.Ir/c1-2-6-16-12-19-17(11-15(16)5-1)7-8-18-13-20-22(24-21(18)19)25-14-23(20)9-3-4-10-23;/h1-2,5-8,11,13H,3-4,9-10,14H2;/q-1;. The van der Waals surface area contributed by atoms with E-state index < -0.39 is 0 Å². The molecule has 1 fully saturated rings. The molecule has 0 bridgehead atoms. The summed E-state index contributed by atoms with van der Waals surface area (Å²) in [6, 6.07) is 20.9. The molecule has 1 radical (unpaired) electrons. The van der Waals surface area contributed by atoms with Crippen LogP contribution >= 0.6 is 0 Å². The van der Waals surface area contributed by atoms with Crippen LogP contribution in [-0.4, -0.2) is 11.6 Å². The van der Waals surface area contributed by atoms with E-state index in [-0.39, 0.29) is 25.5 Å². The minimum Gasteiger partial charge on any atom is -0.477 e. The SMILES string of the molecule is [Ir].[c-]1c2ccccc2cc2ccc3cc4c(nc3c12)OCC41CCCC1. The van der Waals surface area contributed by atoms with E-state index in [1.807, 2.05) is 0 Å². The van der Waals surface area contributed by atoms with Crippen LogP contribution in [0.25, 0.3) is 32.4 Å². The van der Waals surface area contributed by atoms with Gasteiger partial charge in [0, 0.05) is 36.6 Å². The monoisotopic (exact) mass is 517 g/mol. The van der Waals surface area contributed by atoms with Crippen molar-refractivity contribution in [3.63, 3.8) is 0 Å². The molecule has 3 heteroatoms. The van der Waals surface area contributed by atoms with Crippen molar-refractivity contribution in [1.82, 2.24) is 4.98 Å². The van der Waals surface area contributed by atoms with Crippen LogP contribution in [0.1, 0.15) is 31.2 Å². The van der Waals surface area contributed by atoms with Crippen LogP contribution < -0.4 is 4.74 Å². The van der Waals surface area contributed by atoms with Crippen molar-refractivity contribution >= 4 is 32.4 Å². The van der Waals surface area contributed by atoms with Gasteiger partial charge in [-0.1, -0.05) is 65.4 Å². The third-order valence-corrected chi connectivity index (χ3v) is 6.13. The van der Waals surface area contributed by atoms with Crippen LogP contribution in [0.15, 0.2) is 48.5 Å². The fourth-order valence-corrected chi connectivity index (χ4v) is 4.77. The zero-order chi connectivity index (χ0) is 16.4. The molecule has 0 saturated heterocycles. The van der Waals surface area contributed by atoms with Crippen LogP contribution in [0.3, 0.4) is 0 Å². The van der Waals surface area contributed by atoms with Gasteiger partial charge < -0.3 is 4.74 Å². The van der Waals surface area contributed by atoms with Gasteiger partial charge in [-0.3, -0.25) is 4.98 Å². The summed E-state index contributed by atoms with van der Waals surface area (Å²) in [5.74, 6) is 0.850. The number of fused-ring (bicyclic) bond motifs is 6. The second-order valence-corrected chi connectivity index (χ2v) is 7.58. The molecule has 0 N–H and O–H groups in total. The number of ether oxygens (including phenoxy) is 1. The summed E-state index contributed by atoms with van der Waals surface area (Å²) in [5.41, 5.74) is 2.56. The average molecular weight is 517 g/mol. The third-order valence-electron chi connectivity index (χ3n) is 6.13. The summed E-state index contributed by atoms with van der Waals surface area (Å²) >= 11 is 0. The first-order chi connectivity index (χ1) is 12.3. The van der Waals surface area contributed by atoms with E-state index in [1.54, 1.807) is 0 Å². The zero-order valence-electron chi connectivity index (χ0n) is 14.3. The number of nitrogens with zero attached hydrogens (tertiary/aromatic N) is 1. The Morgan fingerprint density at radius 2 is 1.73 bits per heavy atom. The Labute approximate surface area is 165 Å². The van der Waals surface area contributed by atoms with Gasteiger partial charge >= 0.3 is 0 Å². The van der Waals surface area contributed by atoms with Crippen molar-refractivity contribution < 1.29 is 24.8 Å². The van der Waals surface area contributed by atoms with Gasteiger partial charge in [0.05, 0.1) is 6.61 Å². The molecule has 131 valence electrons. The van der Waals surface area contributed by atoms with Gasteiger partial charge in [-0.15, -0.1) is 23.6 Å². The van der Waals surface area contributed by atoms with E-state index in [0.717, 1.165) is 28.8 Å². The van der Waals surface area contributed by atoms with Gasteiger partial charge in [-0.2, -0.15) is 0 Å². The predicted octanol–water partition coefficient (Wildman–Crippen LogP) is 5.54. The summed E-state index contributed by atoms with van der Waals surface area (Å²) in [7, 11) is 0. The molecule has 0 amide bonds. The van der Waals surface area contributed by atoms with E-state index in [9.17, 15) is 0 Å². The van der Waals surface area contributed by atoms with Crippen LogP contribution in [-0.2, 0) is 25.5 Å². The molecular weight excluding hydrogens is 498 g/mol. The molecule has 2 aliphatic rings. The Morgan fingerprint density at radius 1 is 0.923 bits per heavy atom. The number of benzene rings is 3. The van der Waals surface area contributed by atoms with E-state index >= 15 is 0 Å². The second kappa shape index (κ2) is 5.77. The van der Waals surface area contributed by atoms with Crippen molar-refractivity contribution in [2.45, 2.75) is 31.1 Å². The summed E-state index contributed by atoms with van der Waals surface area (Å²) < 4.78 is 6.06. The van der Waals surface area contributed by atoms with Crippen molar-refractivity contribution in [2.24, 2.45) is 0 Å². The van der Waals surface area contributed by atoms with Crippen molar-refractivity contribution in [3.05, 3.63) is 60.2 Å². The molecule has 1 aliphatic heterocycles. The average Bonchev–Trinajstić information content (AvgIpc) is 3.27. The smallest absolute Gasteiger partial charge is 0.210 e. The Hall–Kier alpha value is -1.96. The summed E-state index contributed by atoms with van der Waals surface area (Å²) in [5, 5.41) is 5.84. The number of hydrogen-bond donors (Lipinski definition) is 0. The molecule has 1 aromatic heterocycles. The molecule has 1 saturated carbocycles. The predicted molar refractivity (Wildman–Crippen MR) is 101 cm³/mol. The maximum atomic E-state index is 6.06. The van der Waals surface area contributed by atoms with Crippen molar-refractivity contribution in [2.75, 3.05) is 6.61 Å². The molecule has 6 rings (SSSR count). The zero-order valence-corrected chi connectivity index (χ0v) is 16.7. The third kappa shape index (κ3) is 2.17. The molecule has 2 nitrogen and oxygen atoms in total. The second-order valence-electron chi connectivity index (χ2n) is 7.58. The van der Waals surface area contributed by atoms with Crippen LogP contribution in [0.4, 0.5) is 0 Å². The molecular formula is C23H18IrNO-. The Bertz CT molecular complexity index is 1160. The molecule has 0 atom stereocenters. The van der Waals surface area contributed by atoms with Crippen LogP contribution in [0.5, 0.6) is 5.88 Å². The van der Waals surface area contributed by atoms with Crippen molar-refractivity contribution in [1.29, 1.82) is 0 Å².